The van der Waals surface area contributed by atoms with Gasteiger partial charge < -0.3 is 30.1 Å². The van der Waals surface area contributed by atoms with Crippen LogP contribution in [-0.2, 0) is 30.6 Å². The molecule has 1 aliphatic rings. The van der Waals surface area contributed by atoms with E-state index < -0.39 is 48.2 Å². The van der Waals surface area contributed by atoms with Crippen molar-refractivity contribution in [3.05, 3.63) is 65.7 Å². The number of aldehydes is 2. The number of amides is 3. The van der Waals surface area contributed by atoms with Gasteiger partial charge in [0, 0.05) is 18.5 Å². The molecule has 3 rings (SSSR count). The molecule has 40 heavy (non-hydrogen) atoms. The molecule has 0 bridgehead atoms. The third-order valence-corrected chi connectivity index (χ3v) is 6.22. The van der Waals surface area contributed by atoms with Crippen LogP contribution in [0, 0.1) is 0 Å². The Morgan fingerprint density at radius 3 is 2.42 bits per heavy atom. The highest BCUT2D eigenvalue weighted by Gasteiger charge is 2.37. The summed E-state index contributed by atoms with van der Waals surface area (Å²) in [5.74, 6) is -2.61. The molecule has 0 aliphatic carbocycles. The van der Waals surface area contributed by atoms with Crippen molar-refractivity contribution in [2.75, 3.05) is 6.54 Å². The average Bonchev–Trinajstić information content (AvgIpc) is 2.97. The third kappa shape index (κ3) is 8.73. The molecule has 1 saturated heterocycles. The number of carbonyl (C=O) groups is 6. The van der Waals surface area contributed by atoms with Gasteiger partial charge in [0.25, 0.3) is 11.8 Å². The molecule has 0 saturated carbocycles. The number of nitrogens with zero attached hydrogens (tertiary/aromatic N) is 1. The number of hydrogen-bond acceptors (Lipinski definition) is 8. The van der Waals surface area contributed by atoms with E-state index in [1.807, 2.05) is 30.3 Å². The van der Waals surface area contributed by atoms with Crippen molar-refractivity contribution in [3.8, 4) is 5.75 Å². The second-order valence-electron chi connectivity index (χ2n) is 9.19. The van der Waals surface area contributed by atoms with Gasteiger partial charge in [-0.2, -0.15) is 0 Å². The molecular formula is C28H32N4O8. The molecule has 0 radical (unpaired) electrons. The zero-order chi connectivity index (χ0) is 28.9. The summed E-state index contributed by atoms with van der Waals surface area (Å²) in [6.07, 6.45) is 1.11. The van der Waals surface area contributed by atoms with Crippen molar-refractivity contribution < 1.29 is 38.6 Å². The maximum absolute atomic E-state index is 13.5. The first-order chi connectivity index (χ1) is 19.3. The zero-order valence-corrected chi connectivity index (χ0v) is 21.8. The monoisotopic (exact) mass is 552 g/mol. The van der Waals surface area contributed by atoms with Crippen LogP contribution in [0.15, 0.2) is 54.6 Å². The quantitative estimate of drug-likeness (QED) is 0.250. The van der Waals surface area contributed by atoms with Gasteiger partial charge in [0.2, 0.25) is 5.91 Å². The lowest BCUT2D eigenvalue weighted by molar-refractivity contribution is -0.149. The van der Waals surface area contributed by atoms with Crippen LogP contribution >= 0.6 is 0 Å². The van der Waals surface area contributed by atoms with Gasteiger partial charge in [0.05, 0.1) is 12.5 Å². The molecule has 0 spiro atoms. The lowest BCUT2D eigenvalue weighted by atomic mass is 10.0. The number of nitrogens with one attached hydrogen (secondary N) is 3. The minimum Gasteiger partial charge on any atom is -0.489 e. The van der Waals surface area contributed by atoms with Crippen molar-refractivity contribution in [1.82, 2.24) is 21.1 Å². The Morgan fingerprint density at radius 1 is 1.05 bits per heavy atom. The van der Waals surface area contributed by atoms with Crippen LogP contribution in [0.1, 0.15) is 48.0 Å². The number of aliphatic carboxylic acids is 1. The van der Waals surface area contributed by atoms with Crippen molar-refractivity contribution in [2.24, 2.45) is 0 Å². The van der Waals surface area contributed by atoms with Crippen LogP contribution in [0.5, 0.6) is 5.75 Å². The fraction of sp³-hybridized carbons (Fsp3) is 0.357. The molecule has 12 nitrogen and oxygen atoms in total. The van der Waals surface area contributed by atoms with Crippen LogP contribution in [0.2, 0.25) is 0 Å². The molecule has 3 amide bonds. The topological polar surface area (TPSA) is 171 Å². The van der Waals surface area contributed by atoms with Crippen LogP contribution in [-0.4, -0.2) is 71.0 Å². The highest BCUT2D eigenvalue weighted by Crippen LogP contribution is 2.17. The van der Waals surface area contributed by atoms with Crippen molar-refractivity contribution in [3.63, 3.8) is 0 Å². The highest BCUT2D eigenvalue weighted by molar-refractivity contribution is 5.98. The maximum Gasteiger partial charge on any atom is 0.305 e. The largest absolute Gasteiger partial charge is 0.489 e. The van der Waals surface area contributed by atoms with Gasteiger partial charge in [-0.25, -0.2) is 5.43 Å². The number of hydrogen-bond donors (Lipinski definition) is 4. The van der Waals surface area contributed by atoms with E-state index in [1.165, 1.54) is 0 Å². The fourth-order valence-electron chi connectivity index (χ4n) is 4.16. The van der Waals surface area contributed by atoms with E-state index in [0.717, 1.165) is 10.6 Å². The maximum atomic E-state index is 13.5. The molecular weight excluding hydrogens is 520 g/mol. The normalized spacial score (nSPS) is 16.2. The first kappa shape index (κ1) is 30.0. The van der Waals surface area contributed by atoms with Crippen molar-refractivity contribution >= 4 is 36.3 Å². The summed E-state index contributed by atoms with van der Waals surface area (Å²) in [6, 6.07) is 12.5. The van der Waals surface area contributed by atoms with Crippen molar-refractivity contribution in [2.45, 2.75) is 56.8 Å². The summed E-state index contributed by atoms with van der Waals surface area (Å²) in [4.78, 5) is 72.6. The second-order valence-corrected chi connectivity index (χ2v) is 9.19. The molecule has 212 valence electrons. The number of rotatable bonds is 14. The number of carboxylic acid groups (broad SMARTS) is 1. The van der Waals surface area contributed by atoms with Crippen LogP contribution in [0.25, 0.3) is 0 Å². The summed E-state index contributed by atoms with van der Waals surface area (Å²) in [5.41, 5.74) is 4.10. The number of carbonyl (C=O) groups excluding carboxylic acids is 5. The van der Waals surface area contributed by atoms with Gasteiger partial charge in [-0.15, -0.1) is 0 Å². The number of benzene rings is 2. The van der Waals surface area contributed by atoms with Gasteiger partial charge in [0.1, 0.15) is 37.0 Å². The molecule has 0 unspecified atom stereocenters. The van der Waals surface area contributed by atoms with Gasteiger partial charge in [0.15, 0.2) is 0 Å². The van der Waals surface area contributed by atoms with Crippen molar-refractivity contribution in [1.29, 1.82) is 0 Å². The lowest BCUT2D eigenvalue weighted by Gasteiger charge is -2.37. The Labute approximate surface area is 231 Å². The summed E-state index contributed by atoms with van der Waals surface area (Å²) in [6.45, 7) is 0.733. The lowest BCUT2D eigenvalue weighted by Crippen LogP contribution is -2.63. The molecule has 2 aromatic rings. The molecule has 1 aliphatic heterocycles. The first-order valence-corrected chi connectivity index (χ1v) is 12.9. The second kappa shape index (κ2) is 15.1. The molecule has 1 heterocycles. The predicted molar refractivity (Wildman–Crippen MR) is 142 cm³/mol. The Hall–Kier alpha value is -4.58. The first-order valence-electron chi connectivity index (χ1n) is 12.9. The molecule has 3 atom stereocenters. The summed E-state index contributed by atoms with van der Waals surface area (Å²) in [5, 5.41) is 15.0. The standard InChI is InChI=1S/C28H32N4O8/c33-15-5-8-23(28(39)32-24(9-4-14-29-32)27(38)30-21(17-34)16-25(35)36)31-26(37)20-10-12-22(13-11-20)40-18-19-6-2-1-3-7-19/h1-3,6-7,10-13,15,17,21,23-24,29H,4-5,8-9,14,16,18H2,(H,30,38)(H,31,37)(H,35,36)/t21-,23-,24-/m0/s1. The van der Waals surface area contributed by atoms with E-state index in [1.54, 1.807) is 24.3 Å². The van der Waals surface area contributed by atoms with Gasteiger partial charge in [-0.3, -0.25) is 24.2 Å². The molecule has 1 fully saturated rings. The average molecular weight is 553 g/mol. The van der Waals surface area contributed by atoms with E-state index in [0.29, 0.717) is 37.9 Å². The Morgan fingerprint density at radius 2 is 1.77 bits per heavy atom. The number of hydrazine groups is 1. The van der Waals surface area contributed by atoms with E-state index >= 15 is 0 Å². The number of carboxylic acids is 1. The summed E-state index contributed by atoms with van der Waals surface area (Å²) < 4.78 is 5.74. The molecule has 0 aromatic heterocycles. The Kier molecular flexibility index (Phi) is 11.3. The van der Waals surface area contributed by atoms with Gasteiger partial charge >= 0.3 is 5.97 Å². The summed E-state index contributed by atoms with van der Waals surface area (Å²) in [7, 11) is 0. The van der Waals surface area contributed by atoms with Gasteiger partial charge in [-0.05, 0) is 49.1 Å². The molecule has 4 N–H and O–H groups in total. The minimum absolute atomic E-state index is 0.00512. The highest BCUT2D eigenvalue weighted by atomic mass is 16.5. The minimum atomic E-state index is -1.26. The van der Waals surface area contributed by atoms with E-state index in [4.69, 9.17) is 9.84 Å². The zero-order valence-electron chi connectivity index (χ0n) is 21.8. The Bertz CT molecular complexity index is 1190. The van der Waals surface area contributed by atoms with E-state index in [2.05, 4.69) is 16.1 Å². The fourth-order valence-corrected chi connectivity index (χ4v) is 4.16. The van der Waals surface area contributed by atoms with E-state index in [9.17, 15) is 28.8 Å². The SMILES string of the molecule is O=CCC[C@H](NC(=O)c1ccc(OCc2ccccc2)cc1)C(=O)N1NCCC[C@H]1C(=O)N[C@H](C=O)CC(=O)O. The number of ether oxygens (including phenoxy) is 1. The van der Waals surface area contributed by atoms with Crippen LogP contribution in [0.3, 0.4) is 0 Å². The molecule has 12 heteroatoms. The van der Waals surface area contributed by atoms with Gasteiger partial charge in [-0.1, -0.05) is 30.3 Å². The Balaban J connectivity index is 1.67. The molecule has 2 aromatic carbocycles. The van der Waals surface area contributed by atoms with Crippen LogP contribution in [0.4, 0.5) is 0 Å². The summed E-state index contributed by atoms with van der Waals surface area (Å²) >= 11 is 0. The van der Waals surface area contributed by atoms with E-state index in [-0.39, 0.29) is 24.8 Å². The smallest absolute Gasteiger partial charge is 0.305 e. The third-order valence-electron chi connectivity index (χ3n) is 6.22. The van der Waals surface area contributed by atoms with Crippen LogP contribution < -0.4 is 20.8 Å². The predicted octanol–water partition coefficient (Wildman–Crippen LogP) is 0.997.